The van der Waals surface area contributed by atoms with Gasteiger partial charge in [-0.1, -0.05) is 67.9 Å². The zero-order valence-corrected chi connectivity index (χ0v) is 18.1. The third kappa shape index (κ3) is 2.95. The van der Waals surface area contributed by atoms with Gasteiger partial charge in [0, 0.05) is 11.8 Å². The number of fused-ring (bicyclic) bond motifs is 2. The maximum absolute atomic E-state index is 13.5. The van der Waals surface area contributed by atoms with E-state index in [1.165, 1.54) is 0 Å². The molecule has 2 aliphatic carbocycles. The number of benzene rings is 2. The first-order valence-corrected chi connectivity index (χ1v) is 10.5. The van der Waals surface area contributed by atoms with Crippen LogP contribution in [0.2, 0.25) is 5.02 Å². The zero-order chi connectivity index (χ0) is 21.6. The zero-order valence-electron chi connectivity index (χ0n) is 17.4. The van der Waals surface area contributed by atoms with Crippen molar-refractivity contribution in [3.63, 3.8) is 0 Å². The molecular formula is C24H25ClN2O3. The number of nitrogens with zero attached hydrogens (tertiary/aromatic N) is 1. The summed E-state index contributed by atoms with van der Waals surface area (Å²) in [7, 11) is 0. The summed E-state index contributed by atoms with van der Waals surface area (Å²) in [6.45, 7) is 6.32. The summed E-state index contributed by atoms with van der Waals surface area (Å²) in [5.41, 5.74) is 0.478. The molecule has 30 heavy (non-hydrogen) atoms. The van der Waals surface area contributed by atoms with Gasteiger partial charge in [-0.15, -0.1) is 0 Å². The molecule has 2 aromatic rings. The molecule has 0 spiro atoms. The number of carbonyl (C=O) groups is 2. The van der Waals surface area contributed by atoms with Gasteiger partial charge in [0.1, 0.15) is 0 Å². The third-order valence-corrected chi connectivity index (χ3v) is 7.87. The van der Waals surface area contributed by atoms with Gasteiger partial charge in [0.25, 0.3) is 0 Å². The molecule has 2 saturated carbocycles. The Bertz CT molecular complexity index is 1030. The minimum atomic E-state index is -0.640. The Kier molecular flexibility index (Phi) is 4.97. The lowest BCUT2D eigenvalue weighted by Crippen LogP contribution is -2.43. The molecular weight excluding hydrogens is 400 g/mol. The Hall–Kier alpha value is -2.66. The molecule has 5 nitrogen and oxygen atoms in total. The van der Waals surface area contributed by atoms with Crippen LogP contribution >= 0.6 is 11.6 Å². The number of anilines is 1. The van der Waals surface area contributed by atoms with Crippen molar-refractivity contribution in [3.05, 3.63) is 65.2 Å². The highest BCUT2D eigenvalue weighted by Gasteiger charge is 2.71. The second kappa shape index (κ2) is 7.24. The summed E-state index contributed by atoms with van der Waals surface area (Å²) in [6, 6.07) is 16.0. The lowest BCUT2D eigenvalue weighted by Gasteiger charge is -2.39. The van der Waals surface area contributed by atoms with Crippen LogP contribution in [0.15, 0.2) is 59.8 Å². The molecule has 6 heteroatoms. The fraction of sp³-hybridized carbons (Fsp3) is 0.375. The summed E-state index contributed by atoms with van der Waals surface area (Å²) < 4.78 is 0. The van der Waals surface area contributed by atoms with E-state index < -0.39 is 11.4 Å². The molecule has 0 aromatic heterocycles. The van der Waals surface area contributed by atoms with Crippen molar-refractivity contribution in [2.75, 3.05) is 5.32 Å². The maximum Gasteiger partial charge on any atom is 0.365 e. The van der Waals surface area contributed by atoms with Crippen LogP contribution in [0.4, 0.5) is 5.69 Å². The summed E-state index contributed by atoms with van der Waals surface area (Å²) >= 11 is 6.25. The van der Waals surface area contributed by atoms with Gasteiger partial charge in [0.05, 0.1) is 27.4 Å². The van der Waals surface area contributed by atoms with Crippen molar-refractivity contribution in [2.24, 2.45) is 21.4 Å². The van der Waals surface area contributed by atoms with Crippen LogP contribution in [-0.4, -0.2) is 17.6 Å². The first-order valence-electron chi connectivity index (χ1n) is 10.1. The molecule has 156 valence electrons. The fourth-order valence-corrected chi connectivity index (χ4v) is 5.23. The quantitative estimate of drug-likeness (QED) is 0.505. The van der Waals surface area contributed by atoms with Gasteiger partial charge in [-0.25, -0.2) is 4.79 Å². The van der Waals surface area contributed by atoms with E-state index in [1.807, 2.05) is 18.2 Å². The van der Waals surface area contributed by atoms with Crippen LogP contribution in [0.1, 0.15) is 50.4 Å². The highest BCUT2D eigenvalue weighted by atomic mass is 35.5. The van der Waals surface area contributed by atoms with Gasteiger partial charge in [0.15, 0.2) is 0 Å². The van der Waals surface area contributed by atoms with E-state index >= 15 is 0 Å². The van der Waals surface area contributed by atoms with E-state index in [9.17, 15) is 9.59 Å². The number of nitrogens with one attached hydrogen (secondary N) is 1. The number of oxime groups is 1. The predicted molar refractivity (Wildman–Crippen MR) is 118 cm³/mol. The first-order chi connectivity index (χ1) is 14.2. The molecule has 2 bridgehead atoms. The Morgan fingerprint density at radius 3 is 2.37 bits per heavy atom. The number of hydrogen-bond acceptors (Lipinski definition) is 4. The topological polar surface area (TPSA) is 67.8 Å². The van der Waals surface area contributed by atoms with Gasteiger partial charge in [-0.3, -0.25) is 4.79 Å². The number of rotatable bonds is 4. The molecule has 2 aliphatic rings. The Balaban J connectivity index is 1.60. The molecule has 1 amide bonds. The Morgan fingerprint density at radius 2 is 1.67 bits per heavy atom. The second-order valence-corrected chi connectivity index (χ2v) is 9.34. The number of hydrogen-bond donors (Lipinski definition) is 1. The smallest absolute Gasteiger partial charge is 0.324 e. The minimum Gasteiger partial charge on any atom is -0.324 e. The normalized spacial score (nSPS) is 27.8. The van der Waals surface area contributed by atoms with Gasteiger partial charge in [0.2, 0.25) is 5.91 Å². The molecule has 2 fully saturated rings. The molecule has 2 aromatic carbocycles. The Morgan fingerprint density at radius 1 is 1.00 bits per heavy atom. The molecule has 0 aliphatic heterocycles. The minimum absolute atomic E-state index is 0.0658. The summed E-state index contributed by atoms with van der Waals surface area (Å²) in [4.78, 5) is 31.1. The lowest BCUT2D eigenvalue weighted by atomic mass is 9.64. The van der Waals surface area contributed by atoms with Gasteiger partial charge >= 0.3 is 5.97 Å². The molecule has 0 radical (unpaired) electrons. The largest absolute Gasteiger partial charge is 0.365 e. The molecule has 2 atom stereocenters. The number of para-hydroxylation sites is 1. The van der Waals surface area contributed by atoms with Crippen molar-refractivity contribution >= 4 is 34.9 Å². The van der Waals surface area contributed by atoms with E-state index in [0.717, 1.165) is 18.6 Å². The monoisotopic (exact) mass is 424 g/mol. The second-order valence-electron chi connectivity index (χ2n) is 8.93. The average Bonchev–Trinajstić information content (AvgIpc) is 3.05. The fourth-order valence-electron chi connectivity index (χ4n) is 5.05. The van der Waals surface area contributed by atoms with Crippen LogP contribution < -0.4 is 5.32 Å². The molecule has 2 unspecified atom stereocenters. The van der Waals surface area contributed by atoms with Crippen LogP contribution in [0, 0.1) is 16.2 Å². The first kappa shape index (κ1) is 20.6. The van der Waals surface area contributed by atoms with E-state index in [2.05, 4.69) is 31.2 Å². The van der Waals surface area contributed by atoms with E-state index in [4.69, 9.17) is 16.4 Å². The summed E-state index contributed by atoms with van der Waals surface area (Å²) in [5, 5.41) is 7.79. The molecule has 1 N–H and O–H groups in total. The van der Waals surface area contributed by atoms with Crippen molar-refractivity contribution in [3.8, 4) is 0 Å². The number of halogens is 1. The number of carbonyl (C=O) groups excluding carboxylic acids is 2. The van der Waals surface area contributed by atoms with Crippen LogP contribution in [0.25, 0.3) is 0 Å². The highest BCUT2D eigenvalue weighted by molar-refractivity contribution is 6.33. The van der Waals surface area contributed by atoms with Crippen LogP contribution in [-0.2, 0) is 9.63 Å². The summed E-state index contributed by atoms with van der Waals surface area (Å²) in [5.74, 6) is -0.564. The van der Waals surface area contributed by atoms with Crippen molar-refractivity contribution in [1.82, 2.24) is 0 Å². The molecule has 4 rings (SSSR count). The highest BCUT2D eigenvalue weighted by Crippen LogP contribution is 2.71. The summed E-state index contributed by atoms with van der Waals surface area (Å²) in [6.07, 6.45) is 2.00. The van der Waals surface area contributed by atoms with Gasteiger partial charge < -0.3 is 10.2 Å². The van der Waals surface area contributed by atoms with Gasteiger partial charge in [-0.2, -0.15) is 0 Å². The van der Waals surface area contributed by atoms with Crippen LogP contribution in [0.3, 0.4) is 0 Å². The molecule has 0 heterocycles. The van der Waals surface area contributed by atoms with Crippen molar-refractivity contribution in [1.29, 1.82) is 0 Å². The van der Waals surface area contributed by atoms with E-state index in [-0.39, 0.29) is 16.7 Å². The maximum atomic E-state index is 13.5. The van der Waals surface area contributed by atoms with Crippen molar-refractivity contribution < 1.29 is 14.4 Å². The van der Waals surface area contributed by atoms with Gasteiger partial charge in [-0.05, 0) is 42.5 Å². The SMILES string of the molecule is CC12CCC(C(=O)Nc3ccccc3Cl)(C/C1=N\OC(=O)c1ccccc1)C2(C)C. The third-order valence-electron chi connectivity index (χ3n) is 7.54. The lowest BCUT2D eigenvalue weighted by molar-refractivity contribution is -0.130. The average molecular weight is 425 g/mol. The van der Waals surface area contributed by atoms with E-state index in [1.54, 1.807) is 36.4 Å². The van der Waals surface area contributed by atoms with E-state index in [0.29, 0.717) is 22.7 Å². The predicted octanol–water partition coefficient (Wildman–Crippen LogP) is 5.71. The Labute approximate surface area is 181 Å². The van der Waals surface area contributed by atoms with Crippen LogP contribution in [0.5, 0.6) is 0 Å². The number of amides is 1. The molecule has 0 saturated heterocycles. The van der Waals surface area contributed by atoms with Crippen molar-refractivity contribution in [2.45, 2.75) is 40.0 Å². The standard InChI is InChI=1S/C24H25ClN2O3/c1-22(2)23(3)13-14-24(22,21(29)26-18-12-8-7-11-17(18)25)15-19(23)27-30-20(28)16-9-5-4-6-10-16/h4-12H,13-15H2,1-3H3,(H,26,29)/b27-19+.